The van der Waals surface area contributed by atoms with Crippen LogP contribution in [0, 0.1) is 0 Å². The third-order valence-corrected chi connectivity index (χ3v) is 5.17. The van der Waals surface area contributed by atoms with E-state index in [1.165, 1.54) is 17.8 Å². The van der Waals surface area contributed by atoms with E-state index in [0.717, 1.165) is 4.57 Å². The molecule has 0 aliphatic heterocycles. The van der Waals surface area contributed by atoms with Crippen molar-refractivity contribution in [3.8, 4) is 17.5 Å². The van der Waals surface area contributed by atoms with E-state index in [9.17, 15) is 14.7 Å². The van der Waals surface area contributed by atoms with Crippen LogP contribution in [0.25, 0.3) is 11.2 Å². The summed E-state index contributed by atoms with van der Waals surface area (Å²) in [5.41, 5.74) is 6.22. The van der Waals surface area contributed by atoms with E-state index >= 15 is 0 Å². The fourth-order valence-corrected chi connectivity index (χ4v) is 3.44. The molecule has 0 bridgehead atoms. The van der Waals surface area contributed by atoms with Crippen LogP contribution >= 0.6 is 0 Å². The summed E-state index contributed by atoms with van der Waals surface area (Å²) >= 11 is 0. The Kier molecular flexibility index (Phi) is 6.13. The monoisotopic (exact) mass is 452 g/mol. The van der Waals surface area contributed by atoms with Gasteiger partial charge in [-0.05, 0) is 42.8 Å². The Morgan fingerprint density at radius 1 is 1.06 bits per heavy atom. The molecule has 3 aromatic heterocycles. The summed E-state index contributed by atoms with van der Waals surface area (Å²) in [5.74, 6) is 1.14. The number of nitrogen functional groups attached to an aromatic ring is 1. The highest BCUT2D eigenvalue weighted by Gasteiger charge is 2.22. The van der Waals surface area contributed by atoms with Gasteiger partial charge in [0.25, 0.3) is 5.56 Å². The van der Waals surface area contributed by atoms with Gasteiger partial charge in [0.2, 0.25) is 0 Å². The minimum absolute atomic E-state index is 0.0813. The first-order valence-corrected chi connectivity index (χ1v) is 10.3. The molecule has 11 heteroatoms. The van der Waals surface area contributed by atoms with Crippen LogP contribution in [-0.4, -0.2) is 42.5 Å². The lowest BCUT2D eigenvalue weighted by Gasteiger charge is -2.11. The van der Waals surface area contributed by atoms with Crippen LogP contribution in [0.4, 0.5) is 5.69 Å². The molecule has 4 aromatic rings. The molecule has 11 nitrogen and oxygen atoms in total. The minimum Gasteiger partial charge on any atom is -0.497 e. The Hall–Kier alpha value is -4.12. The maximum Gasteiger partial charge on any atom is 0.332 e. The Morgan fingerprint density at radius 2 is 1.79 bits per heavy atom. The maximum absolute atomic E-state index is 13.3. The molecule has 33 heavy (non-hydrogen) atoms. The number of aliphatic hydroxyl groups excluding tert-OH is 1. The Bertz CT molecular complexity index is 1390. The molecule has 0 unspecified atom stereocenters. The highest BCUT2D eigenvalue weighted by molar-refractivity contribution is 5.72. The van der Waals surface area contributed by atoms with Crippen LogP contribution in [0.2, 0.25) is 0 Å². The van der Waals surface area contributed by atoms with E-state index in [1.54, 1.807) is 48.1 Å². The number of hydrogen-bond acceptors (Lipinski definition) is 8. The van der Waals surface area contributed by atoms with E-state index in [1.807, 2.05) is 0 Å². The van der Waals surface area contributed by atoms with E-state index < -0.39 is 11.2 Å². The molecule has 0 amide bonds. The lowest BCUT2D eigenvalue weighted by molar-refractivity contribution is 0.277. The molecular formula is C22H24N6O5. The van der Waals surface area contributed by atoms with Crippen molar-refractivity contribution < 1.29 is 14.6 Å². The average molecular weight is 452 g/mol. The zero-order valence-corrected chi connectivity index (χ0v) is 18.3. The molecular weight excluding hydrogens is 428 g/mol. The third kappa shape index (κ3) is 4.30. The van der Waals surface area contributed by atoms with Gasteiger partial charge in [-0.1, -0.05) is 0 Å². The molecule has 0 fully saturated rings. The summed E-state index contributed by atoms with van der Waals surface area (Å²) in [6, 6.07) is 10.5. The Labute approximate surface area is 188 Å². The zero-order valence-electron chi connectivity index (χ0n) is 18.3. The van der Waals surface area contributed by atoms with Crippen LogP contribution in [0.15, 0.2) is 52.2 Å². The van der Waals surface area contributed by atoms with Gasteiger partial charge in [-0.3, -0.25) is 23.5 Å². The average Bonchev–Trinajstić information content (AvgIpc) is 3.17. The van der Waals surface area contributed by atoms with E-state index in [-0.39, 0.29) is 43.3 Å². The normalized spacial score (nSPS) is 11.1. The van der Waals surface area contributed by atoms with Crippen LogP contribution in [0.3, 0.4) is 0 Å². The number of hydrogen-bond donors (Lipinski definition) is 2. The van der Waals surface area contributed by atoms with Crippen LogP contribution in [0.1, 0.15) is 12.1 Å². The van der Waals surface area contributed by atoms with Gasteiger partial charge >= 0.3 is 11.7 Å². The molecule has 0 radical (unpaired) electrons. The SMILES string of the molecule is COc1ccc(Oc2nc3c(c(=O)n(CCCO)c(=O)n3C)n2Cc2ccc(N)cn2)cc1. The lowest BCUT2D eigenvalue weighted by atomic mass is 10.3. The summed E-state index contributed by atoms with van der Waals surface area (Å²) < 4.78 is 15.1. The second kappa shape index (κ2) is 9.17. The third-order valence-electron chi connectivity index (χ3n) is 5.17. The summed E-state index contributed by atoms with van der Waals surface area (Å²) in [6.45, 7) is 0.0989. The van der Waals surface area contributed by atoms with E-state index in [4.69, 9.17) is 15.2 Å². The molecule has 0 aliphatic rings. The number of benzene rings is 1. The van der Waals surface area contributed by atoms with Gasteiger partial charge in [0.05, 0.1) is 31.2 Å². The maximum atomic E-state index is 13.3. The number of fused-ring (bicyclic) bond motifs is 1. The van der Waals surface area contributed by atoms with Crippen molar-refractivity contribution in [2.24, 2.45) is 7.05 Å². The number of pyridine rings is 1. The number of nitrogens with two attached hydrogens (primary N) is 1. The number of imidazole rings is 1. The van der Waals surface area contributed by atoms with Gasteiger partial charge < -0.3 is 20.3 Å². The predicted octanol–water partition coefficient (Wildman–Crippen LogP) is 1.11. The number of aromatic nitrogens is 5. The number of rotatable bonds is 8. The Morgan fingerprint density at radius 3 is 2.42 bits per heavy atom. The molecule has 0 saturated heterocycles. The molecule has 1 aromatic carbocycles. The molecule has 0 saturated carbocycles. The number of methoxy groups -OCH3 is 1. The first-order valence-electron chi connectivity index (χ1n) is 10.3. The van der Waals surface area contributed by atoms with Crippen molar-refractivity contribution >= 4 is 16.9 Å². The van der Waals surface area contributed by atoms with Crippen LogP contribution < -0.4 is 26.5 Å². The van der Waals surface area contributed by atoms with Crippen molar-refractivity contribution in [2.45, 2.75) is 19.5 Å². The first-order chi connectivity index (χ1) is 15.9. The fraction of sp³-hybridized carbons (Fsp3) is 0.273. The topological polar surface area (TPSA) is 139 Å². The standard InChI is InChI=1S/C22H24N6O5/c1-26-19-18(20(30)27(22(26)31)10-3-11-29)28(13-15-5-4-14(23)12-24-15)21(25-19)33-17-8-6-16(32-2)7-9-17/h4-9,12,29H,3,10-11,13,23H2,1-2H3. The van der Waals surface area contributed by atoms with Crippen molar-refractivity contribution in [3.63, 3.8) is 0 Å². The van der Waals surface area contributed by atoms with E-state index in [0.29, 0.717) is 22.9 Å². The van der Waals surface area contributed by atoms with Crippen molar-refractivity contribution in [2.75, 3.05) is 19.5 Å². The molecule has 0 aliphatic carbocycles. The summed E-state index contributed by atoms with van der Waals surface area (Å²) in [5, 5.41) is 9.18. The van der Waals surface area contributed by atoms with Crippen LogP contribution in [0.5, 0.6) is 17.5 Å². The van der Waals surface area contributed by atoms with Crippen molar-refractivity contribution in [1.82, 2.24) is 23.7 Å². The second-order valence-electron chi connectivity index (χ2n) is 7.39. The minimum atomic E-state index is -0.521. The van der Waals surface area contributed by atoms with Gasteiger partial charge in [0.1, 0.15) is 11.5 Å². The largest absolute Gasteiger partial charge is 0.497 e. The molecule has 4 rings (SSSR count). The fourth-order valence-electron chi connectivity index (χ4n) is 3.44. The quantitative estimate of drug-likeness (QED) is 0.405. The lowest BCUT2D eigenvalue weighted by Crippen LogP contribution is -2.39. The predicted molar refractivity (Wildman–Crippen MR) is 122 cm³/mol. The number of anilines is 1. The second-order valence-corrected chi connectivity index (χ2v) is 7.39. The summed E-state index contributed by atoms with van der Waals surface area (Å²) in [4.78, 5) is 34.9. The van der Waals surface area contributed by atoms with Crippen LogP contribution in [-0.2, 0) is 20.1 Å². The van der Waals surface area contributed by atoms with Crippen molar-refractivity contribution in [1.29, 1.82) is 0 Å². The number of ether oxygens (including phenoxy) is 2. The summed E-state index contributed by atoms with van der Waals surface area (Å²) in [7, 11) is 3.10. The number of aliphatic hydroxyl groups is 1. The van der Waals surface area contributed by atoms with Crippen molar-refractivity contribution in [3.05, 3.63) is 69.1 Å². The number of aryl methyl sites for hydroxylation is 1. The summed E-state index contributed by atoms with van der Waals surface area (Å²) in [6.07, 6.45) is 1.79. The molecule has 3 heterocycles. The first kappa shape index (κ1) is 22.1. The van der Waals surface area contributed by atoms with Gasteiger partial charge in [0.15, 0.2) is 11.2 Å². The van der Waals surface area contributed by atoms with Gasteiger partial charge in [-0.2, -0.15) is 4.98 Å². The highest BCUT2D eigenvalue weighted by Crippen LogP contribution is 2.26. The van der Waals surface area contributed by atoms with Gasteiger partial charge in [-0.25, -0.2) is 4.79 Å². The number of nitrogens with zero attached hydrogens (tertiary/aromatic N) is 5. The van der Waals surface area contributed by atoms with Gasteiger partial charge in [0, 0.05) is 20.2 Å². The zero-order chi connectivity index (χ0) is 23.5. The smallest absolute Gasteiger partial charge is 0.332 e. The van der Waals surface area contributed by atoms with E-state index in [2.05, 4.69) is 9.97 Å². The van der Waals surface area contributed by atoms with Gasteiger partial charge in [-0.15, -0.1) is 0 Å². The molecule has 3 N–H and O–H groups in total. The highest BCUT2D eigenvalue weighted by atomic mass is 16.5. The Balaban J connectivity index is 1.90. The molecule has 0 atom stereocenters. The molecule has 172 valence electrons. The molecule has 0 spiro atoms.